The molecular formula is C16H19NO2S. The summed E-state index contributed by atoms with van der Waals surface area (Å²) in [7, 11) is -0.412. The minimum absolute atomic E-state index is 0.551. The first kappa shape index (κ1) is 13.6. The maximum atomic E-state index is 11.1. The molecule has 20 heavy (non-hydrogen) atoms. The number of nitrogens with one attached hydrogen (secondary N) is 1. The first-order valence-corrected chi connectivity index (χ1v) is 8.32. The highest BCUT2D eigenvalue weighted by molar-refractivity contribution is 8.25. The molecule has 0 atom stereocenters. The van der Waals surface area contributed by atoms with Crippen molar-refractivity contribution in [2.24, 2.45) is 0 Å². The number of benzene rings is 2. The molecule has 0 fully saturated rings. The van der Waals surface area contributed by atoms with Gasteiger partial charge in [0.1, 0.15) is 0 Å². The molecule has 0 bridgehead atoms. The number of rotatable bonds is 5. The Morgan fingerprint density at radius 1 is 1.00 bits per heavy atom. The second-order valence-electron chi connectivity index (χ2n) is 4.80. The van der Waals surface area contributed by atoms with Crippen LogP contribution in [0.2, 0.25) is 0 Å². The molecule has 106 valence electrons. The molecule has 0 aromatic heterocycles. The first-order chi connectivity index (χ1) is 9.77. The number of hydrogen-bond acceptors (Lipinski definition) is 3. The van der Waals surface area contributed by atoms with Crippen LogP contribution in [0, 0.1) is 0 Å². The van der Waals surface area contributed by atoms with Gasteiger partial charge in [0.2, 0.25) is 0 Å². The monoisotopic (exact) mass is 289 g/mol. The highest BCUT2D eigenvalue weighted by atomic mass is 32.3. The van der Waals surface area contributed by atoms with Gasteiger partial charge in [0.15, 0.2) is 0 Å². The smallest absolute Gasteiger partial charge is 0.0735 e. The van der Waals surface area contributed by atoms with E-state index in [0.717, 1.165) is 33.9 Å². The van der Waals surface area contributed by atoms with Crippen LogP contribution in [0.1, 0.15) is 6.42 Å². The summed E-state index contributed by atoms with van der Waals surface area (Å²) in [6, 6.07) is 16.0. The van der Waals surface area contributed by atoms with Crippen molar-refractivity contribution < 1.29 is 8.74 Å². The standard InChI is InChI=1S/C16H19NO2S/c1-17-11-6-12-19-20(18)15-9-4-2-7-13(15)14-8-3-5-10-16(14)20/h2-5,7-10,17-18H,6,11-12H2,1H3. The predicted molar refractivity (Wildman–Crippen MR) is 83.1 cm³/mol. The van der Waals surface area contributed by atoms with E-state index in [2.05, 4.69) is 17.4 Å². The molecule has 3 rings (SSSR count). The molecule has 0 unspecified atom stereocenters. The second kappa shape index (κ2) is 5.58. The van der Waals surface area contributed by atoms with Crippen LogP contribution >= 0.6 is 10.6 Å². The topological polar surface area (TPSA) is 41.5 Å². The molecule has 0 radical (unpaired) electrons. The zero-order valence-corrected chi connectivity index (χ0v) is 12.3. The molecule has 0 saturated heterocycles. The van der Waals surface area contributed by atoms with E-state index < -0.39 is 10.6 Å². The van der Waals surface area contributed by atoms with E-state index in [-0.39, 0.29) is 0 Å². The van der Waals surface area contributed by atoms with E-state index in [0.29, 0.717) is 6.61 Å². The van der Waals surface area contributed by atoms with Crippen LogP contribution in [0.3, 0.4) is 0 Å². The van der Waals surface area contributed by atoms with Gasteiger partial charge in [-0.1, -0.05) is 36.4 Å². The fourth-order valence-corrected chi connectivity index (χ4v) is 4.86. The lowest BCUT2D eigenvalue weighted by atomic mass is 10.1. The van der Waals surface area contributed by atoms with Gasteiger partial charge in [-0.05, 0) is 32.1 Å². The van der Waals surface area contributed by atoms with Crippen LogP contribution in [0.25, 0.3) is 11.1 Å². The van der Waals surface area contributed by atoms with Crippen molar-refractivity contribution in [3.8, 4) is 11.1 Å². The average molecular weight is 289 g/mol. The van der Waals surface area contributed by atoms with Gasteiger partial charge in [0.25, 0.3) is 0 Å². The lowest BCUT2D eigenvalue weighted by Gasteiger charge is -2.35. The van der Waals surface area contributed by atoms with Gasteiger partial charge in [-0.15, -0.1) is 10.6 Å². The summed E-state index contributed by atoms with van der Waals surface area (Å²) in [6.45, 7) is 1.44. The summed E-state index contributed by atoms with van der Waals surface area (Å²) in [4.78, 5) is 1.84. The molecule has 0 aliphatic carbocycles. The highest BCUT2D eigenvalue weighted by Crippen LogP contribution is 2.69. The Balaban J connectivity index is 1.97. The molecular weight excluding hydrogens is 270 g/mol. The van der Waals surface area contributed by atoms with Crippen molar-refractivity contribution in [3.63, 3.8) is 0 Å². The largest absolute Gasteiger partial charge is 0.320 e. The van der Waals surface area contributed by atoms with Crippen LogP contribution in [-0.2, 0) is 4.18 Å². The van der Waals surface area contributed by atoms with Crippen LogP contribution in [0.5, 0.6) is 0 Å². The minimum Gasteiger partial charge on any atom is -0.320 e. The zero-order chi connectivity index (χ0) is 14.0. The first-order valence-electron chi connectivity index (χ1n) is 6.80. The summed E-state index contributed by atoms with van der Waals surface area (Å²) in [5.41, 5.74) is 2.18. The Hall–Kier alpha value is -1.33. The molecule has 2 aromatic carbocycles. The molecule has 2 N–H and O–H groups in total. The number of fused-ring (bicyclic) bond motifs is 3. The van der Waals surface area contributed by atoms with Gasteiger partial charge in [-0.2, -0.15) is 0 Å². The Morgan fingerprint density at radius 2 is 1.55 bits per heavy atom. The maximum absolute atomic E-state index is 11.1. The van der Waals surface area contributed by atoms with Gasteiger partial charge in [-0.25, -0.2) is 0 Å². The van der Waals surface area contributed by atoms with Crippen LogP contribution in [0.4, 0.5) is 0 Å². The van der Waals surface area contributed by atoms with Crippen molar-refractivity contribution in [2.45, 2.75) is 16.2 Å². The molecule has 0 amide bonds. The van der Waals surface area contributed by atoms with Gasteiger partial charge < -0.3 is 5.32 Å². The fraction of sp³-hybridized carbons (Fsp3) is 0.250. The van der Waals surface area contributed by atoms with Gasteiger partial charge in [0, 0.05) is 11.1 Å². The van der Waals surface area contributed by atoms with Crippen LogP contribution < -0.4 is 5.32 Å². The van der Waals surface area contributed by atoms with Crippen LogP contribution in [0.15, 0.2) is 58.3 Å². The second-order valence-corrected chi connectivity index (χ2v) is 6.96. The van der Waals surface area contributed by atoms with E-state index in [1.165, 1.54) is 0 Å². The molecule has 3 nitrogen and oxygen atoms in total. The molecule has 1 aliphatic heterocycles. The highest BCUT2D eigenvalue weighted by Gasteiger charge is 2.35. The Labute approximate surface area is 121 Å². The third kappa shape index (κ3) is 2.15. The number of hydrogen-bond donors (Lipinski definition) is 2. The quantitative estimate of drug-likeness (QED) is 0.820. The zero-order valence-electron chi connectivity index (χ0n) is 11.5. The molecule has 1 heterocycles. The van der Waals surface area contributed by atoms with Crippen molar-refractivity contribution in [1.29, 1.82) is 0 Å². The Kier molecular flexibility index (Phi) is 3.81. The van der Waals surface area contributed by atoms with E-state index in [1.807, 2.05) is 43.4 Å². The molecule has 0 saturated carbocycles. The van der Waals surface area contributed by atoms with Crippen molar-refractivity contribution in [1.82, 2.24) is 5.32 Å². The summed E-state index contributed by atoms with van der Waals surface area (Å²) >= 11 is 0. The van der Waals surface area contributed by atoms with Crippen molar-refractivity contribution >= 4 is 10.6 Å². The average Bonchev–Trinajstić information content (AvgIpc) is 2.75. The van der Waals surface area contributed by atoms with Gasteiger partial charge in [-0.3, -0.25) is 8.74 Å². The Bertz CT molecular complexity index is 569. The molecule has 0 spiro atoms. The minimum atomic E-state index is -2.33. The van der Waals surface area contributed by atoms with E-state index in [1.54, 1.807) is 0 Å². The summed E-state index contributed by atoms with van der Waals surface area (Å²) in [5, 5.41) is 3.09. The van der Waals surface area contributed by atoms with Gasteiger partial charge in [0.05, 0.1) is 16.4 Å². The normalized spacial score (nSPS) is 16.5. The van der Waals surface area contributed by atoms with E-state index >= 15 is 0 Å². The third-order valence-corrected chi connectivity index (χ3v) is 5.90. The molecule has 2 aromatic rings. The van der Waals surface area contributed by atoms with E-state index in [9.17, 15) is 4.55 Å². The molecule has 1 aliphatic rings. The molecule has 4 heteroatoms. The van der Waals surface area contributed by atoms with Crippen molar-refractivity contribution in [2.75, 3.05) is 20.2 Å². The predicted octanol–water partition coefficient (Wildman–Crippen LogP) is 3.90. The summed E-state index contributed by atoms with van der Waals surface area (Å²) < 4.78 is 17.1. The lowest BCUT2D eigenvalue weighted by molar-refractivity contribution is 0.309. The Morgan fingerprint density at radius 3 is 2.10 bits per heavy atom. The maximum Gasteiger partial charge on any atom is 0.0735 e. The van der Waals surface area contributed by atoms with E-state index in [4.69, 9.17) is 4.18 Å². The van der Waals surface area contributed by atoms with Crippen molar-refractivity contribution in [3.05, 3.63) is 48.5 Å². The summed E-state index contributed by atoms with van der Waals surface area (Å²) in [5.74, 6) is 0. The fourth-order valence-electron chi connectivity index (χ4n) is 2.53. The SMILES string of the molecule is CNCCCOS1(O)c2ccccc2-c2ccccc21. The summed E-state index contributed by atoms with van der Waals surface area (Å²) in [6.07, 6.45) is 0.885. The lowest BCUT2D eigenvalue weighted by Crippen LogP contribution is -2.12. The third-order valence-electron chi connectivity index (χ3n) is 3.49. The van der Waals surface area contributed by atoms with Gasteiger partial charge >= 0.3 is 0 Å². The van der Waals surface area contributed by atoms with Crippen LogP contribution in [-0.4, -0.2) is 24.8 Å².